The minimum absolute atomic E-state index is 0.236. The third-order valence-corrected chi connectivity index (χ3v) is 4.89. The van der Waals surface area contributed by atoms with E-state index in [0.717, 1.165) is 38.2 Å². The molecule has 1 aliphatic heterocycles. The second-order valence-corrected chi connectivity index (χ2v) is 6.93. The summed E-state index contributed by atoms with van der Waals surface area (Å²) in [5.41, 5.74) is 1.20. The lowest BCUT2D eigenvalue weighted by Gasteiger charge is -2.32. The Labute approximate surface area is 170 Å². The highest BCUT2D eigenvalue weighted by Gasteiger charge is 2.21. The molecule has 0 amide bonds. The zero-order chi connectivity index (χ0) is 19.9. The summed E-state index contributed by atoms with van der Waals surface area (Å²) in [4.78, 5) is 14.9. The van der Waals surface area contributed by atoms with Gasteiger partial charge in [-0.15, -0.1) is 4.98 Å². The molecule has 1 saturated heterocycles. The molecule has 0 unspecified atom stereocenters. The maximum atomic E-state index is 6.18. The monoisotopic (exact) mass is 407 g/mol. The largest absolute Gasteiger partial charge is 0.492 e. The number of ether oxygens (including phenoxy) is 3. The summed E-state index contributed by atoms with van der Waals surface area (Å²) >= 11 is 6.18. The molecule has 8 nitrogen and oxygen atoms in total. The van der Waals surface area contributed by atoms with Crippen molar-refractivity contribution in [3.8, 4) is 17.8 Å². The second kappa shape index (κ2) is 9.75. The van der Waals surface area contributed by atoms with Crippen LogP contribution in [0.3, 0.4) is 0 Å². The number of halogens is 1. The number of hydrogen-bond acceptors (Lipinski definition) is 8. The number of benzene rings is 1. The number of nitrogens with zero attached hydrogens (tertiary/aromatic N) is 4. The van der Waals surface area contributed by atoms with Crippen LogP contribution in [0.15, 0.2) is 18.2 Å². The Morgan fingerprint density at radius 3 is 2.39 bits per heavy atom. The highest BCUT2D eigenvalue weighted by Crippen LogP contribution is 2.27. The number of methoxy groups -OCH3 is 2. The van der Waals surface area contributed by atoms with E-state index >= 15 is 0 Å². The molecule has 0 saturated carbocycles. The quantitative estimate of drug-likeness (QED) is 0.715. The lowest BCUT2D eigenvalue weighted by atomic mass is 10.0. The molecule has 0 bridgehead atoms. The highest BCUT2D eigenvalue weighted by molar-refractivity contribution is 6.32. The fourth-order valence-corrected chi connectivity index (χ4v) is 3.35. The van der Waals surface area contributed by atoms with Crippen LogP contribution >= 0.6 is 11.6 Å². The first-order valence-corrected chi connectivity index (χ1v) is 9.73. The summed E-state index contributed by atoms with van der Waals surface area (Å²) in [5, 5.41) is 4.01. The molecule has 1 aliphatic rings. The van der Waals surface area contributed by atoms with Crippen molar-refractivity contribution in [2.45, 2.75) is 32.4 Å². The van der Waals surface area contributed by atoms with Crippen molar-refractivity contribution in [2.75, 3.05) is 39.2 Å². The van der Waals surface area contributed by atoms with Crippen LogP contribution in [0.1, 0.15) is 25.3 Å². The Morgan fingerprint density at radius 2 is 1.79 bits per heavy atom. The van der Waals surface area contributed by atoms with Gasteiger partial charge in [-0.2, -0.15) is 9.97 Å². The number of likely N-dealkylation sites (tertiary alicyclic amines) is 1. The normalized spacial score (nSPS) is 15.3. The van der Waals surface area contributed by atoms with Crippen molar-refractivity contribution in [2.24, 2.45) is 0 Å². The average Bonchev–Trinajstić information content (AvgIpc) is 2.72. The molecule has 1 aromatic carbocycles. The first-order valence-electron chi connectivity index (χ1n) is 9.35. The van der Waals surface area contributed by atoms with Crippen LogP contribution in [0, 0.1) is 0 Å². The van der Waals surface area contributed by atoms with Crippen LogP contribution < -0.4 is 19.5 Å². The smallest absolute Gasteiger partial charge is 0.324 e. The van der Waals surface area contributed by atoms with Crippen LogP contribution in [-0.2, 0) is 6.54 Å². The van der Waals surface area contributed by atoms with Crippen LogP contribution in [0.5, 0.6) is 17.8 Å². The number of hydrogen-bond donors (Lipinski definition) is 1. The fraction of sp³-hybridized carbons (Fsp3) is 0.526. The van der Waals surface area contributed by atoms with E-state index in [1.54, 1.807) is 0 Å². The maximum Gasteiger partial charge on any atom is 0.324 e. The fourth-order valence-electron chi connectivity index (χ4n) is 3.17. The van der Waals surface area contributed by atoms with E-state index in [9.17, 15) is 0 Å². The molecule has 0 spiro atoms. The van der Waals surface area contributed by atoms with Gasteiger partial charge < -0.3 is 19.5 Å². The van der Waals surface area contributed by atoms with Gasteiger partial charge in [0.25, 0.3) is 0 Å². The van der Waals surface area contributed by atoms with E-state index in [2.05, 4.69) is 31.2 Å². The van der Waals surface area contributed by atoms with Crippen molar-refractivity contribution in [1.82, 2.24) is 19.9 Å². The third-order valence-electron chi connectivity index (χ3n) is 4.58. The van der Waals surface area contributed by atoms with E-state index < -0.39 is 0 Å². The maximum absolute atomic E-state index is 6.18. The van der Waals surface area contributed by atoms with E-state index in [1.807, 2.05) is 19.1 Å². The van der Waals surface area contributed by atoms with E-state index in [0.29, 0.717) is 17.6 Å². The van der Waals surface area contributed by atoms with Crippen molar-refractivity contribution >= 4 is 17.5 Å². The van der Waals surface area contributed by atoms with Gasteiger partial charge in [0.15, 0.2) is 0 Å². The standard InChI is InChI=1S/C19H26ClN5O3/c1-4-28-16-11-13(5-6-15(16)20)12-25-9-7-14(8-10-25)21-17-22-18(26-2)24-19(23-17)27-3/h5-6,11,14H,4,7-10,12H2,1-3H3,(H,21,22,23,24). The van der Waals surface area contributed by atoms with Gasteiger partial charge in [-0.25, -0.2) is 0 Å². The molecule has 152 valence electrons. The summed E-state index contributed by atoms with van der Waals surface area (Å²) in [7, 11) is 3.04. The summed E-state index contributed by atoms with van der Waals surface area (Å²) < 4.78 is 15.8. The number of rotatable bonds is 8. The summed E-state index contributed by atoms with van der Waals surface area (Å²) in [6, 6.07) is 6.74. The molecule has 1 fully saturated rings. The van der Waals surface area contributed by atoms with Crippen LogP contribution in [0.2, 0.25) is 5.02 Å². The molecule has 0 radical (unpaired) electrons. The molecule has 2 aromatic rings. The van der Waals surface area contributed by atoms with Crippen molar-refractivity contribution < 1.29 is 14.2 Å². The van der Waals surface area contributed by atoms with Crippen molar-refractivity contribution in [3.63, 3.8) is 0 Å². The highest BCUT2D eigenvalue weighted by atomic mass is 35.5. The predicted molar refractivity (Wildman–Crippen MR) is 107 cm³/mol. The number of piperidine rings is 1. The first kappa shape index (κ1) is 20.4. The Morgan fingerprint density at radius 1 is 1.11 bits per heavy atom. The zero-order valence-corrected chi connectivity index (χ0v) is 17.2. The topological polar surface area (TPSA) is 81.6 Å². The SMILES string of the molecule is CCOc1cc(CN2CCC(Nc3nc(OC)nc(OC)n3)CC2)ccc1Cl. The molecule has 0 atom stereocenters. The average molecular weight is 408 g/mol. The van der Waals surface area contributed by atoms with Crippen LogP contribution in [0.4, 0.5) is 5.95 Å². The van der Waals surface area contributed by atoms with Gasteiger partial charge in [0.1, 0.15) is 5.75 Å². The Balaban J connectivity index is 1.54. The number of anilines is 1. The molecule has 28 heavy (non-hydrogen) atoms. The van der Waals surface area contributed by atoms with Gasteiger partial charge in [0.2, 0.25) is 5.95 Å². The first-order chi connectivity index (χ1) is 13.6. The minimum atomic E-state index is 0.236. The molecular formula is C19H26ClN5O3. The van der Waals surface area contributed by atoms with Crippen LogP contribution in [-0.4, -0.2) is 59.8 Å². The molecule has 9 heteroatoms. The lowest BCUT2D eigenvalue weighted by Crippen LogP contribution is -2.39. The van der Waals surface area contributed by atoms with Gasteiger partial charge >= 0.3 is 12.0 Å². The van der Waals surface area contributed by atoms with Gasteiger partial charge in [-0.3, -0.25) is 4.90 Å². The van der Waals surface area contributed by atoms with Gasteiger partial charge in [0.05, 0.1) is 25.8 Å². The summed E-state index contributed by atoms with van der Waals surface area (Å²) in [5.74, 6) is 1.22. The van der Waals surface area contributed by atoms with E-state index in [1.165, 1.54) is 19.8 Å². The molecule has 0 aliphatic carbocycles. The Bertz CT molecular complexity index is 762. The summed E-state index contributed by atoms with van der Waals surface area (Å²) in [6.07, 6.45) is 1.98. The molecule has 1 aromatic heterocycles. The number of nitrogens with one attached hydrogen (secondary N) is 1. The zero-order valence-electron chi connectivity index (χ0n) is 16.4. The Hall–Kier alpha value is -2.32. The molecule has 1 N–H and O–H groups in total. The van der Waals surface area contributed by atoms with Gasteiger partial charge in [0, 0.05) is 25.7 Å². The van der Waals surface area contributed by atoms with Crippen molar-refractivity contribution in [3.05, 3.63) is 28.8 Å². The Kier molecular flexibility index (Phi) is 7.11. The van der Waals surface area contributed by atoms with Crippen molar-refractivity contribution in [1.29, 1.82) is 0 Å². The lowest BCUT2D eigenvalue weighted by molar-refractivity contribution is 0.210. The predicted octanol–water partition coefficient (Wildman–Crippen LogP) is 3.02. The third kappa shape index (κ3) is 5.36. The second-order valence-electron chi connectivity index (χ2n) is 6.52. The summed E-state index contributed by atoms with van der Waals surface area (Å²) in [6.45, 7) is 5.38. The molecule has 3 rings (SSSR count). The van der Waals surface area contributed by atoms with E-state index in [4.69, 9.17) is 25.8 Å². The van der Waals surface area contributed by atoms with Crippen LogP contribution in [0.25, 0.3) is 0 Å². The molecular weight excluding hydrogens is 382 g/mol. The minimum Gasteiger partial charge on any atom is -0.492 e. The van der Waals surface area contributed by atoms with Gasteiger partial charge in [-0.05, 0) is 37.5 Å². The number of aromatic nitrogens is 3. The molecule has 2 heterocycles. The van der Waals surface area contributed by atoms with Gasteiger partial charge in [-0.1, -0.05) is 17.7 Å². The van der Waals surface area contributed by atoms with E-state index in [-0.39, 0.29) is 18.1 Å².